The second-order valence-corrected chi connectivity index (χ2v) is 5.36. The van der Waals surface area contributed by atoms with E-state index in [1.165, 1.54) is 5.56 Å². The van der Waals surface area contributed by atoms with E-state index in [1.54, 1.807) is 7.11 Å². The van der Waals surface area contributed by atoms with Gasteiger partial charge in [-0.3, -0.25) is 4.99 Å². The molecule has 0 radical (unpaired) electrons. The molecule has 0 bridgehead atoms. The number of hydrogen-bond acceptors (Lipinski definition) is 2. The van der Waals surface area contributed by atoms with Crippen LogP contribution in [-0.4, -0.2) is 38.9 Å². The third-order valence-corrected chi connectivity index (χ3v) is 3.35. The van der Waals surface area contributed by atoms with Crippen LogP contribution in [-0.2, 0) is 6.42 Å². The Morgan fingerprint density at radius 1 is 1.12 bits per heavy atom. The summed E-state index contributed by atoms with van der Waals surface area (Å²) in [5.41, 5.74) is 1.23. The summed E-state index contributed by atoms with van der Waals surface area (Å²) in [6.07, 6.45) is -2.23. The smallest absolute Gasteiger partial charge is 0.390 e. The molecule has 25 heavy (non-hydrogen) atoms. The lowest BCUT2D eigenvalue weighted by Gasteiger charge is -2.12. The molecule has 0 aliphatic carbocycles. The maximum atomic E-state index is 12.1. The number of ether oxygens (including phenoxy) is 1. The molecular weight excluding hydrogens is 446 g/mol. The van der Waals surface area contributed by atoms with Crippen molar-refractivity contribution in [3.63, 3.8) is 0 Å². The van der Waals surface area contributed by atoms with Gasteiger partial charge in [0, 0.05) is 19.6 Å². The molecule has 8 heteroatoms. The molecule has 2 N–H and O–H groups in total. The first-order valence-corrected chi connectivity index (χ1v) is 8.16. The van der Waals surface area contributed by atoms with E-state index in [4.69, 9.17) is 4.74 Å². The monoisotopic (exact) mass is 473 g/mol. The maximum Gasteiger partial charge on any atom is 0.390 e. The fourth-order valence-electron chi connectivity index (χ4n) is 2.09. The Balaban J connectivity index is 0.00000576. The van der Waals surface area contributed by atoms with E-state index in [-0.39, 0.29) is 30.5 Å². The summed E-state index contributed by atoms with van der Waals surface area (Å²) in [5, 5.41) is 5.65. The predicted molar refractivity (Wildman–Crippen MR) is 106 cm³/mol. The Morgan fingerprint density at radius 2 is 1.80 bits per heavy atom. The molecule has 0 fully saturated rings. The lowest BCUT2D eigenvalue weighted by molar-refractivity contribution is -0.132. The number of methoxy groups -OCH3 is 1. The fraction of sp³-hybridized carbons (Fsp3) is 0.588. The van der Waals surface area contributed by atoms with Crippen LogP contribution in [0, 0.1) is 0 Å². The lowest BCUT2D eigenvalue weighted by atomic mass is 10.1. The first-order valence-electron chi connectivity index (χ1n) is 8.16. The molecule has 0 heterocycles. The number of halogens is 4. The van der Waals surface area contributed by atoms with E-state index in [2.05, 4.69) is 15.6 Å². The molecule has 0 amide bonds. The van der Waals surface area contributed by atoms with Crippen LogP contribution in [0.15, 0.2) is 29.3 Å². The van der Waals surface area contributed by atoms with Crippen molar-refractivity contribution in [1.29, 1.82) is 0 Å². The van der Waals surface area contributed by atoms with Gasteiger partial charge in [0.1, 0.15) is 5.75 Å². The highest BCUT2D eigenvalue weighted by molar-refractivity contribution is 14.0. The molecule has 144 valence electrons. The van der Waals surface area contributed by atoms with Gasteiger partial charge in [0.15, 0.2) is 5.96 Å². The maximum absolute atomic E-state index is 12.1. The molecular formula is C17H27F3IN3O. The van der Waals surface area contributed by atoms with Crippen molar-refractivity contribution in [3.8, 4) is 5.75 Å². The normalized spacial score (nSPS) is 11.6. The zero-order valence-electron chi connectivity index (χ0n) is 14.7. The number of nitrogens with one attached hydrogen (secondary N) is 2. The van der Waals surface area contributed by atoms with Gasteiger partial charge in [0.05, 0.1) is 13.5 Å². The number of alkyl halides is 3. The van der Waals surface area contributed by atoms with Crippen molar-refractivity contribution in [3.05, 3.63) is 29.8 Å². The second-order valence-electron chi connectivity index (χ2n) is 5.36. The summed E-state index contributed by atoms with van der Waals surface area (Å²) in [7, 11) is 1.64. The standard InChI is InChI=1S/C17H26F3N3O.HI/c1-3-21-16(23-13-11-17(18,19)20)22-12-5-4-6-14-7-9-15(24-2)10-8-14;/h7-10H,3-6,11-13H2,1-2H3,(H2,21,22,23);1H. The number of hydrogen-bond donors (Lipinski definition) is 2. The van der Waals surface area contributed by atoms with Crippen LogP contribution in [0.25, 0.3) is 0 Å². The van der Waals surface area contributed by atoms with Crippen LogP contribution >= 0.6 is 24.0 Å². The van der Waals surface area contributed by atoms with Gasteiger partial charge in [0.25, 0.3) is 0 Å². The highest BCUT2D eigenvalue weighted by Gasteiger charge is 2.26. The third-order valence-electron chi connectivity index (χ3n) is 3.35. The van der Waals surface area contributed by atoms with Crippen molar-refractivity contribution in [2.24, 2.45) is 4.99 Å². The molecule has 0 unspecified atom stereocenters. The van der Waals surface area contributed by atoms with E-state index in [1.807, 2.05) is 31.2 Å². The van der Waals surface area contributed by atoms with Gasteiger partial charge in [0.2, 0.25) is 0 Å². The largest absolute Gasteiger partial charge is 0.497 e. The quantitative estimate of drug-likeness (QED) is 0.245. The van der Waals surface area contributed by atoms with Crippen LogP contribution in [0.5, 0.6) is 5.75 Å². The van der Waals surface area contributed by atoms with Crippen molar-refractivity contribution < 1.29 is 17.9 Å². The van der Waals surface area contributed by atoms with Crippen molar-refractivity contribution >= 4 is 29.9 Å². The first kappa shape index (κ1) is 23.8. The van der Waals surface area contributed by atoms with Gasteiger partial charge < -0.3 is 15.4 Å². The summed E-state index contributed by atoms with van der Waals surface area (Å²) in [6, 6.07) is 7.93. The topological polar surface area (TPSA) is 45.7 Å². The summed E-state index contributed by atoms with van der Waals surface area (Å²) in [6.45, 7) is 2.91. The molecule has 1 aromatic rings. The minimum Gasteiger partial charge on any atom is -0.497 e. The highest BCUT2D eigenvalue weighted by atomic mass is 127. The van der Waals surface area contributed by atoms with Crippen molar-refractivity contribution in [2.45, 2.75) is 38.8 Å². The Hall–Kier alpha value is -1.19. The zero-order valence-corrected chi connectivity index (χ0v) is 17.0. The average Bonchev–Trinajstić information content (AvgIpc) is 2.54. The molecule has 0 spiro atoms. The number of aryl methyl sites for hydroxylation is 1. The summed E-state index contributed by atoms with van der Waals surface area (Å²) < 4.78 is 41.5. The van der Waals surface area contributed by atoms with E-state index in [9.17, 15) is 13.2 Å². The Labute approximate surface area is 164 Å². The Bertz CT molecular complexity index is 493. The predicted octanol–water partition coefficient (Wildman–Crippen LogP) is 4.14. The molecule has 0 aliphatic rings. The van der Waals surface area contributed by atoms with Crippen LogP contribution in [0.2, 0.25) is 0 Å². The van der Waals surface area contributed by atoms with Crippen LogP contribution in [0.3, 0.4) is 0 Å². The van der Waals surface area contributed by atoms with Gasteiger partial charge >= 0.3 is 6.18 Å². The first-order chi connectivity index (χ1) is 11.4. The number of unbranched alkanes of at least 4 members (excludes halogenated alkanes) is 1. The van der Waals surface area contributed by atoms with E-state index < -0.39 is 12.6 Å². The SMILES string of the molecule is CCNC(=NCCCCc1ccc(OC)cc1)NCCC(F)(F)F.I. The molecule has 0 atom stereocenters. The number of benzene rings is 1. The van der Waals surface area contributed by atoms with Crippen LogP contribution in [0.4, 0.5) is 13.2 Å². The summed E-state index contributed by atoms with van der Waals surface area (Å²) in [5.74, 6) is 1.27. The molecule has 1 aromatic carbocycles. The summed E-state index contributed by atoms with van der Waals surface area (Å²) in [4.78, 5) is 4.30. The Kier molecular flexibility index (Phi) is 12.5. The van der Waals surface area contributed by atoms with Crippen molar-refractivity contribution in [1.82, 2.24) is 10.6 Å². The van der Waals surface area contributed by atoms with Gasteiger partial charge in [-0.05, 0) is 43.9 Å². The van der Waals surface area contributed by atoms with Gasteiger partial charge in [-0.25, -0.2) is 0 Å². The number of aliphatic imine (C=N–C) groups is 1. The molecule has 1 rings (SSSR count). The number of guanidine groups is 1. The zero-order chi connectivity index (χ0) is 17.8. The highest BCUT2D eigenvalue weighted by Crippen LogP contribution is 2.18. The van der Waals surface area contributed by atoms with E-state index >= 15 is 0 Å². The molecule has 0 aliphatic heterocycles. The van der Waals surface area contributed by atoms with E-state index in [0.29, 0.717) is 19.0 Å². The van der Waals surface area contributed by atoms with Gasteiger partial charge in [-0.2, -0.15) is 13.2 Å². The summed E-state index contributed by atoms with van der Waals surface area (Å²) >= 11 is 0. The minimum atomic E-state index is -4.15. The van der Waals surface area contributed by atoms with Crippen LogP contribution < -0.4 is 15.4 Å². The molecule has 0 saturated heterocycles. The number of nitrogens with zero attached hydrogens (tertiary/aromatic N) is 1. The molecule has 0 aromatic heterocycles. The second kappa shape index (κ2) is 13.1. The van der Waals surface area contributed by atoms with Gasteiger partial charge in [-0.1, -0.05) is 12.1 Å². The lowest BCUT2D eigenvalue weighted by Crippen LogP contribution is -2.39. The van der Waals surface area contributed by atoms with Crippen molar-refractivity contribution in [2.75, 3.05) is 26.7 Å². The van der Waals surface area contributed by atoms with Gasteiger partial charge in [-0.15, -0.1) is 24.0 Å². The van der Waals surface area contributed by atoms with Crippen LogP contribution in [0.1, 0.15) is 31.7 Å². The Morgan fingerprint density at radius 3 is 2.36 bits per heavy atom. The third kappa shape index (κ3) is 11.9. The number of rotatable bonds is 9. The molecule has 4 nitrogen and oxygen atoms in total. The van der Waals surface area contributed by atoms with E-state index in [0.717, 1.165) is 25.0 Å². The fourth-order valence-corrected chi connectivity index (χ4v) is 2.09. The molecule has 0 saturated carbocycles. The minimum absolute atomic E-state index is 0. The average molecular weight is 473 g/mol.